The molecule has 30 heavy (non-hydrogen) atoms. The van der Waals surface area contributed by atoms with Crippen LogP contribution in [0.4, 0.5) is 5.82 Å². The maximum Gasteiger partial charge on any atom is 0.238 e. The molecule has 0 radical (unpaired) electrons. The van der Waals surface area contributed by atoms with Crippen LogP contribution in [0.25, 0.3) is 0 Å². The van der Waals surface area contributed by atoms with Crippen LogP contribution in [0, 0.1) is 13.8 Å². The number of thioether (sulfide) groups is 1. The predicted molar refractivity (Wildman–Crippen MR) is 119 cm³/mol. The normalized spacial score (nSPS) is 18.3. The minimum Gasteiger partial charge on any atom is -0.493 e. The number of ether oxygens (including phenoxy) is 2. The highest BCUT2D eigenvalue weighted by Gasteiger charge is 2.32. The fourth-order valence-electron chi connectivity index (χ4n) is 3.55. The standard InChI is InChI=1S/C23H25N3O3S/c1-13-7-5-6-8-17(13)12-29-18-10-9-16(11-19(18)28-4)21-20-14(2)25-26-22(20)24-23(27)15(3)30-21/h5-11,15,21H,12H2,1-4H3,(H2,24,25,26,27)/t15-,21+/m0/s1. The molecule has 2 N–H and O–H groups in total. The van der Waals surface area contributed by atoms with Gasteiger partial charge in [-0.1, -0.05) is 30.3 Å². The lowest BCUT2D eigenvalue weighted by Gasteiger charge is -2.19. The van der Waals surface area contributed by atoms with Crippen LogP contribution in [-0.4, -0.2) is 28.5 Å². The van der Waals surface area contributed by atoms with Crippen molar-refractivity contribution in [1.82, 2.24) is 10.2 Å². The number of H-pyrrole nitrogens is 1. The number of carbonyl (C=O) groups excluding carboxylic acids is 1. The molecule has 6 nitrogen and oxygen atoms in total. The molecule has 0 aliphatic carbocycles. The summed E-state index contributed by atoms with van der Waals surface area (Å²) in [5.41, 5.74) is 5.30. The maximum atomic E-state index is 12.4. The molecule has 2 aromatic carbocycles. The Kier molecular flexibility index (Phi) is 5.72. The van der Waals surface area contributed by atoms with Gasteiger partial charge in [-0.05, 0) is 49.6 Å². The quantitative estimate of drug-likeness (QED) is 0.618. The number of aromatic nitrogens is 2. The first-order chi connectivity index (χ1) is 14.5. The van der Waals surface area contributed by atoms with Crippen molar-refractivity contribution in [3.8, 4) is 11.5 Å². The van der Waals surface area contributed by atoms with Crippen molar-refractivity contribution in [2.75, 3.05) is 12.4 Å². The van der Waals surface area contributed by atoms with Gasteiger partial charge < -0.3 is 14.8 Å². The van der Waals surface area contributed by atoms with Gasteiger partial charge in [0.1, 0.15) is 6.61 Å². The van der Waals surface area contributed by atoms with Gasteiger partial charge in [-0.2, -0.15) is 5.10 Å². The van der Waals surface area contributed by atoms with Gasteiger partial charge in [0, 0.05) is 11.3 Å². The van der Waals surface area contributed by atoms with Crippen molar-refractivity contribution in [3.05, 3.63) is 70.4 Å². The molecule has 1 aliphatic heterocycles. The van der Waals surface area contributed by atoms with Crippen LogP contribution in [-0.2, 0) is 11.4 Å². The molecule has 3 aromatic rings. The highest BCUT2D eigenvalue weighted by Crippen LogP contribution is 2.46. The molecule has 2 heterocycles. The molecule has 0 saturated heterocycles. The summed E-state index contributed by atoms with van der Waals surface area (Å²) in [6, 6.07) is 14.1. The Morgan fingerprint density at radius 3 is 2.70 bits per heavy atom. The van der Waals surface area contributed by atoms with Gasteiger partial charge in [0.25, 0.3) is 0 Å². The fourth-order valence-corrected chi connectivity index (χ4v) is 4.86. The first-order valence-corrected chi connectivity index (χ1v) is 10.8. The smallest absolute Gasteiger partial charge is 0.238 e. The molecular weight excluding hydrogens is 398 g/mol. The summed E-state index contributed by atoms with van der Waals surface area (Å²) in [7, 11) is 1.64. The number of rotatable bonds is 5. The molecule has 0 bridgehead atoms. The minimum absolute atomic E-state index is 0.0413. The van der Waals surface area contributed by atoms with Crippen LogP contribution in [0.2, 0.25) is 0 Å². The van der Waals surface area contributed by atoms with E-state index in [1.54, 1.807) is 18.9 Å². The number of hydrogen-bond acceptors (Lipinski definition) is 5. The Hall–Kier alpha value is -2.93. The van der Waals surface area contributed by atoms with Crippen LogP contribution in [0.1, 0.15) is 40.1 Å². The van der Waals surface area contributed by atoms with Crippen molar-refractivity contribution >= 4 is 23.5 Å². The number of carbonyl (C=O) groups is 1. The summed E-state index contributed by atoms with van der Waals surface area (Å²) in [5, 5.41) is 9.94. The molecule has 156 valence electrons. The molecule has 0 spiro atoms. The number of anilines is 1. The van der Waals surface area contributed by atoms with Crippen LogP contribution in [0.3, 0.4) is 0 Å². The maximum absolute atomic E-state index is 12.4. The lowest BCUT2D eigenvalue weighted by molar-refractivity contribution is -0.115. The molecule has 2 atom stereocenters. The van der Waals surface area contributed by atoms with Gasteiger partial charge in [-0.15, -0.1) is 11.8 Å². The largest absolute Gasteiger partial charge is 0.493 e. The van der Waals surface area contributed by atoms with Gasteiger partial charge in [-0.25, -0.2) is 0 Å². The van der Waals surface area contributed by atoms with Gasteiger partial charge >= 0.3 is 0 Å². The van der Waals surface area contributed by atoms with E-state index in [4.69, 9.17) is 9.47 Å². The van der Waals surface area contributed by atoms with Gasteiger partial charge in [0.15, 0.2) is 17.3 Å². The number of nitrogens with zero attached hydrogens (tertiary/aromatic N) is 1. The molecule has 0 saturated carbocycles. The minimum atomic E-state index is -0.202. The number of nitrogens with one attached hydrogen (secondary N) is 2. The Balaban J connectivity index is 1.64. The predicted octanol–water partition coefficient (Wildman–Crippen LogP) is 4.78. The fraction of sp³-hybridized carbons (Fsp3) is 0.304. The van der Waals surface area contributed by atoms with E-state index in [1.807, 2.05) is 44.2 Å². The first kappa shape index (κ1) is 20.3. The van der Waals surface area contributed by atoms with E-state index in [-0.39, 0.29) is 16.4 Å². The van der Waals surface area contributed by atoms with Crippen molar-refractivity contribution < 1.29 is 14.3 Å². The second-order valence-electron chi connectivity index (χ2n) is 7.38. The van der Waals surface area contributed by atoms with Crippen LogP contribution in [0.5, 0.6) is 11.5 Å². The highest BCUT2D eigenvalue weighted by molar-refractivity contribution is 8.01. The monoisotopic (exact) mass is 423 g/mol. The van der Waals surface area contributed by atoms with E-state index in [0.29, 0.717) is 23.9 Å². The van der Waals surface area contributed by atoms with Gasteiger partial charge in [0.2, 0.25) is 5.91 Å². The lowest BCUT2D eigenvalue weighted by atomic mass is 10.0. The molecule has 7 heteroatoms. The van der Waals surface area contributed by atoms with E-state index < -0.39 is 0 Å². The SMILES string of the molecule is COc1cc([C@H]2S[C@@H](C)C(=O)Nc3n[nH]c(C)c32)ccc1OCc1ccccc1C. The molecule has 1 aromatic heterocycles. The summed E-state index contributed by atoms with van der Waals surface area (Å²) in [5.74, 6) is 1.91. The Bertz CT molecular complexity index is 1080. The summed E-state index contributed by atoms with van der Waals surface area (Å²) in [4.78, 5) is 12.4. The zero-order chi connectivity index (χ0) is 21.3. The first-order valence-electron chi connectivity index (χ1n) is 9.84. The van der Waals surface area contributed by atoms with E-state index >= 15 is 0 Å². The number of methoxy groups -OCH3 is 1. The number of benzene rings is 2. The average Bonchev–Trinajstić information content (AvgIpc) is 3.04. The lowest BCUT2D eigenvalue weighted by Crippen LogP contribution is -2.21. The summed E-state index contributed by atoms with van der Waals surface area (Å²) < 4.78 is 11.7. The van der Waals surface area contributed by atoms with Crippen molar-refractivity contribution in [3.63, 3.8) is 0 Å². The molecule has 4 rings (SSSR count). The van der Waals surface area contributed by atoms with Crippen LogP contribution < -0.4 is 14.8 Å². The summed E-state index contributed by atoms with van der Waals surface area (Å²) in [6.07, 6.45) is 0. The van der Waals surface area contributed by atoms with Crippen LogP contribution >= 0.6 is 11.8 Å². The highest BCUT2D eigenvalue weighted by atomic mass is 32.2. The molecule has 0 unspecified atom stereocenters. The van der Waals surface area contributed by atoms with Crippen molar-refractivity contribution in [1.29, 1.82) is 0 Å². The number of aryl methyl sites for hydroxylation is 2. The van der Waals surface area contributed by atoms with E-state index in [0.717, 1.165) is 22.4 Å². The summed E-state index contributed by atoms with van der Waals surface area (Å²) >= 11 is 1.60. The van der Waals surface area contributed by atoms with E-state index in [9.17, 15) is 4.79 Å². The summed E-state index contributed by atoms with van der Waals surface area (Å²) in [6.45, 7) is 6.43. The molecule has 0 fully saturated rings. The molecule has 1 amide bonds. The van der Waals surface area contributed by atoms with Crippen LogP contribution in [0.15, 0.2) is 42.5 Å². The van der Waals surface area contributed by atoms with Crippen molar-refractivity contribution in [2.24, 2.45) is 0 Å². The Morgan fingerprint density at radius 1 is 1.13 bits per heavy atom. The molecular formula is C23H25N3O3S. The number of aromatic amines is 1. The van der Waals surface area contributed by atoms with Gasteiger partial charge in [0.05, 0.1) is 17.6 Å². The average molecular weight is 424 g/mol. The topological polar surface area (TPSA) is 76.2 Å². The van der Waals surface area contributed by atoms with E-state index in [2.05, 4.69) is 34.6 Å². The second-order valence-corrected chi connectivity index (χ2v) is 8.83. The number of hydrogen-bond donors (Lipinski definition) is 2. The Labute approximate surface area is 180 Å². The molecule has 1 aliphatic rings. The van der Waals surface area contributed by atoms with Crippen molar-refractivity contribution in [2.45, 2.75) is 37.9 Å². The third-order valence-electron chi connectivity index (χ3n) is 5.34. The third-order valence-corrected chi connectivity index (χ3v) is 6.74. The third kappa shape index (κ3) is 3.89. The zero-order valence-electron chi connectivity index (χ0n) is 17.5. The Morgan fingerprint density at radius 2 is 1.93 bits per heavy atom. The second kappa shape index (κ2) is 8.44. The van der Waals surface area contributed by atoms with Gasteiger partial charge in [-0.3, -0.25) is 9.89 Å². The number of amides is 1. The zero-order valence-corrected chi connectivity index (χ0v) is 18.3. The number of fused-ring (bicyclic) bond motifs is 1. The van der Waals surface area contributed by atoms with E-state index in [1.165, 1.54) is 5.56 Å².